The lowest BCUT2D eigenvalue weighted by Crippen LogP contribution is -2.31. The first kappa shape index (κ1) is 20.6. The number of aliphatic carboxylic acids is 1. The van der Waals surface area contributed by atoms with Gasteiger partial charge in [0.15, 0.2) is 0 Å². The fraction of sp³-hybridized carbons (Fsp3) is 0.933. The van der Waals surface area contributed by atoms with Crippen LogP contribution in [0.5, 0.6) is 0 Å². The second kappa shape index (κ2) is 10.4. The molecule has 0 aliphatic rings. The summed E-state index contributed by atoms with van der Waals surface area (Å²) in [5.41, 5.74) is 0. The van der Waals surface area contributed by atoms with Crippen molar-refractivity contribution < 1.29 is 23.1 Å². The Morgan fingerprint density at radius 2 is 1.57 bits per heavy atom. The Bertz CT molecular complexity index is 295. The molecule has 2 nitrogen and oxygen atoms in total. The summed E-state index contributed by atoms with van der Waals surface area (Å²) in [5, 5.41) is 9.32. The second-order valence-electron chi connectivity index (χ2n) is 5.62. The van der Waals surface area contributed by atoms with Gasteiger partial charge in [-0.25, -0.2) is 0 Å². The molecule has 1 unspecified atom stereocenters. The molecule has 0 fully saturated rings. The molecule has 0 saturated heterocycles. The first-order chi connectivity index (χ1) is 9.71. The zero-order valence-electron chi connectivity index (χ0n) is 13.0. The first-order valence-electron chi connectivity index (χ1n) is 7.65. The number of carboxylic acid groups (broad SMARTS) is 1. The van der Waals surface area contributed by atoms with Gasteiger partial charge in [-0.05, 0) is 31.9 Å². The van der Waals surface area contributed by atoms with Crippen LogP contribution in [0.1, 0.15) is 71.6 Å². The lowest BCUT2D eigenvalue weighted by molar-refractivity contribution is -0.139. The van der Waals surface area contributed by atoms with E-state index in [1.165, 1.54) is 11.8 Å². The Morgan fingerprint density at radius 1 is 1.00 bits per heavy atom. The normalized spacial score (nSPS) is 14.9. The molecule has 0 aliphatic carbocycles. The summed E-state index contributed by atoms with van der Waals surface area (Å²) in [7, 11) is 0. The van der Waals surface area contributed by atoms with Crippen LogP contribution in [0.2, 0.25) is 0 Å². The van der Waals surface area contributed by atoms with Crippen LogP contribution in [0.4, 0.5) is 13.2 Å². The van der Waals surface area contributed by atoms with E-state index in [0.717, 1.165) is 32.1 Å². The van der Waals surface area contributed by atoms with E-state index >= 15 is 0 Å². The Balaban J connectivity index is 3.81. The molecule has 6 heteroatoms. The van der Waals surface area contributed by atoms with Crippen LogP contribution in [-0.4, -0.2) is 27.8 Å². The van der Waals surface area contributed by atoms with Gasteiger partial charge < -0.3 is 5.11 Å². The van der Waals surface area contributed by atoms with Gasteiger partial charge in [0.1, 0.15) is 4.75 Å². The molecule has 0 amide bonds. The summed E-state index contributed by atoms with van der Waals surface area (Å²) in [6.45, 7) is 3.82. The van der Waals surface area contributed by atoms with Crippen molar-refractivity contribution in [3.05, 3.63) is 0 Å². The number of unbranched alkanes of at least 4 members (excludes halogenated alkanes) is 5. The van der Waals surface area contributed by atoms with Crippen molar-refractivity contribution >= 4 is 17.7 Å². The van der Waals surface area contributed by atoms with Gasteiger partial charge in [0.25, 0.3) is 0 Å². The van der Waals surface area contributed by atoms with Crippen LogP contribution >= 0.6 is 11.8 Å². The standard InChI is InChI=1S/C15H27F3O2S/c1-3-4-7-10-14(2,13(19)20)21-12-9-6-5-8-11-15(16,17)18/h3-12H2,1-2H3,(H,19,20). The van der Waals surface area contributed by atoms with Crippen molar-refractivity contribution in [2.45, 2.75) is 82.6 Å². The zero-order chi connectivity index (χ0) is 16.4. The Morgan fingerprint density at radius 3 is 2.10 bits per heavy atom. The topological polar surface area (TPSA) is 37.3 Å². The third kappa shape index (κ3) is 10.9. The number of hydrogen-bond acceptors (Lipinski definition) is 2. The number of rotatable bonds is 12. The number of halogens is 3. The Kier molecular flexibility index (Phi) is 10.2. The van der Waals surface area contributed by atoms with E-state index in [2.05, 4.69) is 6.92 Å². The third-order valence-electron chi connectivity index (χ3n) is 3.49. The maximum absolute atomic E-state index is 12.0. The fourth-order valence-electron chi connectivity index (χ4n) is 2.03. The van der Waals surface area contributed by atoms with E-state index in [9.17, 15) is 23.1 Å². The van der Waals surface area contributed by atoms with Gasteiger partial charge >= 0.3 is 12.1 Å². The third-order valence-corrected chi connectivity index (χ3v) is 4.99. The van der Waals surface area contributed by atoms with Crippen LogP contribution < -0.4 is 0 Å². The van der Waals surface area contributed by atoms with Gasteiger partial charge in [0.2, 0.25) is 0 Å². The van der Waals surface area contributed by atoms with Crippen molar-refractivity contribution in [3.8, 4) is 0 Å². The average molecular weight is 328 g/mol. The van der Waals surface area contributed by atoms with Crippen molar-refractivity contribution in [2.24, 2.45) is 0 Å². The van der Waals surface area contributed by atoms with Crippen LogP contribution in [0.25, 0.3) is 0 Å². The number of thioether (sulfide) groups is 1. The van der Waals surface area contributed by atoms with Crippen LogP contribution in [0, 0.1) is 0 Å². The molecular formula is C15H27F3O2S. The van der Waals surface area contributed by atoms with E-state index in [1.54, 1.807) is 6.92 Å². The van der Waals surface area contributed by atoms with E-state index in [1.807, 2.05) is 0 Å². The second-order valence-corrected chi connectivity index (χ2v) is 7.22. The lowest BCUT2D eigenvalue weighted by Gasteiger charge is -2.24. The smallest absolute Gasteiger partial charge is 0.389 e. The van der Waals surface area contributed by atoms with Crippen molar-refractivity contribution in [1.82, 2.24) is 0 Å². The summed E-state index contributed by atoms with van der Waals surface area (Å²) in [6, 6.07) is 0. The molecule has 0 aromatic carbocycles. The van der Waals surface area contributed by atoms with Gasteiger partial charge in [-0.2, -0.15) is 13.2 Å². The van der Waals surface area contributed by atoms with E-state index in [-0.39, 0.29) is 6.42 Å². The fourth-order valence-corrected chi connectivity index (χ4v) is 3.24. The molecule has 1 atom stereocenters. The molecule has 0 aliphatic heterocycles. The molecule has 21 heavy (non-hydrogen) atoms. The molecule has 0 heterocycles. The highest BCUT2D eigenvalue weighted by molar-refractivity contribution is 8.01. The zero-order valence-corrected chi connectivity index (χ0v) is 13.8. The number of alkyl halides is 3. The van der Waals surface area contributed by atoms with Gasteiger partial charge in [-0.1, -0.05) is 39.0 Å². The molecule has 0 spiro atoms. The predicted molar refractivity (Wildman–Crippen MR) is 81.8 cm³/mol. The van der Waals surface area contributed by atoms with Gasteiger partial charge in [0, 0.05) is 6.42 Å². The molecule has 0 saturated carbocycles. The maximum Gasteiger partial charge on any atom is 0.389 e. The molecule has 0 bridgehead atoms. The molecule has 0 aromatic rings. The minimum atomic E-state index is -4.06. The molecular weight excluding hydrogens is 301 g/mol. The number of carbonyl (C=O) groups is 1. The average Bonchev–Trinajstić information content (AvgIpc) is 2.36. The molecule has 1 N–H and O–H groups in total. The van der Waals surface area contributed by atoms with E-state index < -0.39 is 23.3 Å². The lowest BCUT2D eigenvalue weighted by atomic mass is 10.0. The van der Waals surface area contributed by atoms with Crippen LogP contribution in [0.15, 0.2) is 0 Å². The predicted octanol–water partition coefficient (Wildman–Crippen LogP) is 5.66. The molecule has 126 valence electrons. The summed E-state index contributed by atoms with van der Waals surface area (Å²) < 4.78 is 35.1. The summed E-state index contributed by atoms with van der Waals surface area (Å²) in [5.74, 6) is -0.0957. The van der Waals surface area contributed by atoms with E-state index in [0.29, 0.717) is 18.6 Å². The van der Waals surface area contributed by atoms with Crippen LogP contribution in [0.3, 0.4) is 0 Å². The number of hydrogen-bond donors (Lipinski definition) is 1. The Hall–Kier alpha value is -0.390. The molecule has 0 radical (unpaired) electrons. The molecule has 0 aromatic heterocycles. The quantitative estimate of drug-likeness (QED) is 0.470. The van der Waals surface area contributed by atoms with E-state index in [4.69, 9.17) is 0 Å². The summed E-state index contributed by atoms with van der Waals surface area (Å²) >= 11 is 1.42. The largest absolute Gasteiger partial charge is 0.480 e. The highest BCUT2D eigenvalue weighted by Crippen LogP contribution is 2.32. The summed E-state index contributed by atoms with van der Waals surface area (Å²) in [6.07, 6.45) is 1.08. The molecule has 0 rings (SSSR count). The van der Waals surface area contributed by atoms with Gasteiger partial charge in [-0.15, -0.1) is 11.8 Å². The highest BCUT2D eigenvalue weighted by atomic mass is 32.2. The maximum atomic E-state index is 12.0. The van der Waals surface area contributed by atoms with Crippen LogP contribution in [-0.2, 0) is 4.79 Å². The van der Waals surface area contributed by atoms with Crippen molar-refractivity contribution in [3.63, 3.8) is 0 Å². The minimum absolute atomic E-state index is 0.168. The van der Waals surface area contributed by atoms with Crippen molar-refractivity contribution in [2.75, 3.05) is 5.75 Å². The number of carboxylic acids is 1. The van der Waals surface area contributed by atoms with Gasteiger partial charge in [-0.3, -0.25) is 4.79 Å². The van der Waals surface area contributed by atoms with Crippen molar-refractivity contribution in [1.29, 1.82) is 0 Å². The summed E-state index contributed by atoms with van der Waals surface area (Å²) in [4.78, 5) is 11.3. The first-order valence-corrected chi connectivity index (χ1v) is 8.64. The SMILES string of the molecule is CCCCCC(C)(SCCCCCCC(F)(F)F)C(=O)O. The monoisotopic (exact) mass is 328 g/mol. The minimum Gasteiger partial charge on any atom is -0.480 e. The highest BCUT2D eigenvalue weighted by Gasteiger charge is 2.32. The Labute approximate surface area is 129 Å². The van der Waals surface area contributed by atoms with Gasteiger partial charge in [0.05, 0.1) is 0 Å².